The molecule has 0 bridgehead atoms. The Balaban J connectivity index is 1.88. The Morgan fingerprint density at radius 1 is 1.19 bits per heavy atom. The van der Waals surface area contributed by atoms with Gasteiger partial charge in [-0.15, -0.1) is 0 Å². The Morgan fingerprint density at radius 3 is 2.70 bits per heavy atom. The lowest BCUT2D eigenvalue weighted by Gasteiger charge is -2.12. The quantitative estimate of drug-likeness (QED) is 0.523. The number of aryl methyl sites for hydroxylation is 2. The standard InChI is InChI=1S/C20H20N2O4S/c1-13-6-7-14(2)17(10-13)26-12-18(23)22-20(27)21-16-5-3-4-15(11-16)8-9-19(24)25/h3-11H,12H2,1-2H3,(H,24,25)(H2,21,22,23,27)/b9-8+. The van der Waals surface area contributed by atoms with E-state index < -0.39 is 5.97 Å². The molecule has 27 heavy (non-hydrogen) atoms. The predicted octanol–water partition coefficient (Wildman–Crippen LogP) is 3.29. The third-order valence-electron chi connectivity index (χ3n) is 3.52. The second kappa shape index (κ2) is 9.49. The predicted molar refractivity (Wildman–Crippen MR) is 109 cm³/mol. The fourth-order valence-corrected chi connectivity index (χ4v) is 2.45. The number of amides is 1. The number of benzene rings is 2. The highest BCUT2D eigenvalue weighted by atomic mass is 32.1. The summed E-state index contributed by atoms with van der Waals surface area (Å²) in [5.74, 6) is -0.753. The number of aliphatic carboxylic acids is 1. The zero-order chi connectivity index (χ0) is 19.8. The molecule has 0 saturated heterocycles. The molecule has 2 aromatic carbocycles. The molecule has 0 heterocycles. The van der Waals surface area contributed by atoms with E-state index >= 15 is 0 Å². The van der Waals surface area contributed by atoms with E-state index in [0.29, 0.717) is 17.0 Å². The molecule has 3 N–H and O–H groups in total. The van der Waals surface area contributed by atoms with Gasteiger partial charge in [0.2, 0.25) is 0 Å². The van der Waals surface area contributed by atoms with Gasteiger partial charge >= 0.3 is 5.97 Å². The van der Waals surface area contributed by atoms with Crippen molar-refractivity contribution in [3.05, 3.63) is 65.2 Å². The number of carboxylic acids is 1. The number of carboxylic acid groups (broad SMARTS) is 1. The summed E-state index contributed by atoms with van der Waals surface area (Å²) in [5, 5.41) is 14.2. The lowest BCUT2D eigenvalue weighted by Crippen LogP contribution is -2.37. The zero-order valence-electron chi connectivity index (χ0n) is 15.0. The smallest absolute Gasteiger partial charge is 0.328 e. The zero-order valence-corrected chi connectivity index (χ0v) is 15.8. The minimum Gasteiger partial charge on any atom is -0.483 e. The topological polar surface area (TPSA) is 87.7 Å². The van der Waals surface area contributed by atoms with Crippen LogP contribution in [0.25, 0.3) is 6.08 Å². The van der Waals surface area contributed by atoms with Crippen LogP contribution in [0, 0.1) is 13.8 Å². The van der Waals surface area contributed by atoms with Gasteiger partial charge in [-0.25, -0.2) is 4.79 Å². The van der Waals surface area contributed by atoms with Gasteiger partial charge in [0.25, 0.3) is 5.91 Å². The Kier molecular flexibility index (Phi) is 7.08. The minimum absolute atomic E-state index is 0.129. The number of carbonyl (C=O) groups excluding carboxylic acids is 1. The van der Waals surface area contributed by atoms with E-state index in [1.54, 1.807) is 24.3 Å². The van der Waals surface area contributed by atoms with Gasteiger partial charge in [0, 0.05) is 11.8 Å². The van der Waals surface area contributed by atoms with Crippen LogP contribution in [0.4, 0.5) is 5.69 Å². The van der Waals surface area contributed by atoms with Crippen LogP contribution in [0.15, 0.2) is 48.5 Å². The molecule has 0 atom stereocenters. The average Bonchev–Trinajstić information content (AvgIpc) is 2.61. The van der Waals surface area contributed by atoms with Crippen molar-refractivity contribution in [1.82, 2.24) is 5.32 Å². The van der Waals surface area contributed by atoms with Gasteiger partial charge in [0.15, 0.2) is 11.7 Å². The van der Waals surface area contributed by atoms with E-state index in [4.69, 9.17) is 22.1 Å². The van der Waals surface area contributed by atoms with Crippen LogP contribution in [-0.2, 0) is 9.59 Å². The van der Waals surface area contributed by atoms with Crippen molar-refractivity contribution >= 4 is 41.0 Å². The van der Waals surface area contributed by atoms with Crippen molar-refractivity contribution < 1.29 is 19.4 Å². The average molecular weight is 384 g/mol. The molecule has 0 aliphatic carbocycles. The summed E-state index contributed by atoms with van der Waals surface area (Å²) in [4.78, 5) is 22.6. The number of thiocarbonyl (C=S) groups is 1. The van der Waals surface area contributed by atoms with Crippen LogP contribution < -0.4 is 15.4 Å². The molecule has 2 rings (SSSR count). The number of hydrogen-bond donors (Lipinski definition) is 3. The Labute approximate surface area is 162 Å². The van der Waals surface area contributed by atoms with E-state index in [-0.39, 0.29) is 17.6 Å². The maximum atomic E-state index is 12.0. The molecule has 0 spiro atoms. The molecular weight excluding hydrogens is 364 g/mol. The number of anilines is 1. The largest absolute Gasteiger partial charge is 0.483 e. The van der Waals surface area contributed by atoms with Crippen molar-refractivity contribution in [3.8, 4) is 5.75 Å². The van der Waals surface area contributed by atoms with Crippen molar-refractivity contribution in [2.24, 2.45) is 0 Å². The van der Waals surface area contributed by atoms with Gasteiger partial charge < -0.3 is 15.2 Å². The Morgan fingerprint density at radius 2 is 1.96 bits per heavy atom. The molecular formula is C20H20N2O4S. The normalized spacial score (nSPS) is 10.4. The monoisotopic (exact) mass is 384 g/mol. The van der Waals surface area contributed by atoms with Crippen molar-refractivity contribution in [2.45, 2.75) is 13.8 Å². The number of ether oxygens (including phenoxy) is 1. The number of hydrogen-bond acceptors (Lipinski definition) is 4. The minimum atomic E-state index is -1.03. The first kappa shape index (κ1) is 20.1. The van der Waals surface area contributed by atoms with E-state index in [1.165, 1.54) is 6.08 Å². The molecule has 6 nitrogen and oxygen atoms in total. The first-order valence-corrected chi connectivity index (χ1v) is 8.56. The highest BCUT2D eigenvalue weighted by Gasteiger charge is 2.08. The third kappa shape index (κ3) is 6.91. The van der Waals surface area contributed by atoms with Gasteiger partial charge in [0.05, 0.1) is 0 Å². The Hall–Kier alpha value is -3.19. The molecule has 0 fully saturated rings. The van der Waals surface area contributed by atoms with Crippen molar-refractivity contribution in [3.63, 3.8) is 0 Å². The lowest BCUT2D eigenvalue weighted by atomic mass is 10.1. The summed E-state index contributed by atoms with van der Waals surface area (Å²) in [6.45, 7) is 3.70. The van der Waals surface area contributed by atoms with Crippen LogP contribution in [0.3, 0.4) is 0 Å². The number of rotatable bonds is 6. The molecule has 0 saturated carbocycles. The third-order valence-corrected chi connectivity index (χ3v) is 3.72. The van der Waals surface area contributed by atoms with Crippen LogP contribution in [0.5, 0.6) is 5.75 Å². The van der Waals surface area contributed by atoms with Gasteiger partial charge in [-0.05, 0) is 67.0 Å². The van der Waals surface area contributed by atoms with Gasteiger partial charge in [0.1, 0.15) is 5.75 Å². The molecule has 0 radical (unpaired) electrons. The highest BCUT2D eigenvalue weighted by molar-refractivity contribution is 7.80. The maximum absolute atomic E-state index is 12.0. The molecule has 7 heteroatoms. The van der Waals surface area contributed by atoms with Gasteiger partial charge in [-0.2, -0.15) is 0 Å². The van der Waals surface area contributed by atoms with Crippen LogP contribution in [0.2, 0.25) is 0 Å². The van der Waals surface area contributed by atoms with Crippen LogP contribution in [-0.4, -0.2) is 28.7 Å². The van der Waals surface area contributed by atoms with Gasteiger partial charge in [-0.3, -0.25) is 10.1 Å². The molecule has 140 valence electrons. The molecule has 0 aliphatic rings. The van der Waals surface area contributed by atoms with Crippen LogP contribution in [0.1, 0.15) is 16.7 Å². The first-order chi connectivity index (χ1) is 12.8. The fraction of sp³-hybridized carbons (Fsp3) is 0.150. The molecule has 0 unspecified atom stereocenters. The second-order valence-electron chi connectivity index (χ2n) is 5.86. The second-order valence-corrected chi connectivity index (χ2v) is 6.27. The fourth-order valence-electron chi connectivity index (χ4n) is 2.22. The number of nitrogens with one attached hydrogen (secondary N) is 2. The van der Waals surface area contributed by atoms with E-state index in [0.717, 1.165) is 17.2 Å². The van der Waals surface area contributed by atoms with E-state index in [1.807, 2.05) is 32.0 Å². The highest BCUT2D eigenvalue weighted by Crippen LogP contribution is 2.18. The number of carbonyl (C=O) groups is 2. The van der Waals surface area contributed by atoms with Crippen LogP contribution >= 0.6 is 12.2 Å². The molecule has 2 aromatic rings. The maximum Gasteiger partial charge on any atom is 0.328 e. The molecule has 1 amide bonds. The summed E-state index contributed by atoms with van der Waals surface area (Å²) in [5.41, 5.74) is 3.31. The lowest BCUT2D eigenvalue weighted by molar-refractivity contribution is -0.131. The van der Waals surface area contributed by atoms with E-state index in [9.17, 15) is 9.59 Å². The van der Waals surface area contributed by atoms with Gasteiger partial charge in [-0.1, -0.05) is 24.3 Å². The molecule has 0 aliphatic heterocycles. The van der Waals surface area contributed by atoms with E-state index in [2.05, 4.69) is 10.6 Å². The van der Waals surface area contributed by atoms with Crippen molar-refractivity contribution in [2.75, 3.05) is 11.9 Å². The van der Waals surface area contributed by atoms with Crippen molar-refractivity contribution in [1.29, 1.82) is 0 Å². The summed E-state index contributed by atoms with van der Waals surface area (Å²) in [6, 6.07) is 12.7. The summed E-state index contributed by atoms with van der Waals surface area (Å²) < 4.78 is 5.54. The first-order valence-electron chi connectivity index (χ1n) is 8.15. The Bertz CT molecular complexity index is 893. The molecule has 0 aromatic heterocycles. The summed E-state index contributed by atoms with van der Waals surface area (Å²) in [7, 11) is 0. The summed E-state index contributed by atoms with van der Waals surface area (Å²) in [6.07, 6.45) is 2.51. The summed E-state index contributed by atoms with van der Waals surface area (Å²) >= 11 is 5.13. The SMILES string of the molecule is Cc1ccc(C)c(OCC(=O)NC(=S)Nc2cccc(/C=C/C(=O)O)c2)c1.